The van der Waals surface area contributed by atoms with Gasteiger partial charge in [-0.1, -0.05) is 70.4 Å². The third-order valence-electron chi connectivity index (χ3n) is 5.21. The summed E-state index contributed by atoms with van der Waals surface area (Å²) in [6.07, 6.45) is 22.9. The van der Waals surface area contributed by atoms with Crippen molar-refractivity contribution in [3.8, 4) is 0 Å². The predicted molar refractivity (Wildman–Crippen MR) is 115 cm³/mol. The summed E-state index contributed by atoms with van der Waals surface area (Å²) in [5.74, 6) is -2.06. The molecule has 0 saturated heterocycles. The maximum absolute atomic E-state index is 9.43. The Bertz CT molecular complexity index is 352. The Morgan fingerprint density at radius 2 is 1.19 bits per heavy atom. The first-order chi connectivity index (χ1) is 12.8. The summed E-state index contributed by atoms with van der Waals surface area (Å²) in [6, 6.07) is 0. The fourth-order valence-electron chi connectivity index (χ4n) is 3.38. The smallest absolute Gasteiger partial charge is 0.327 e. The van der Waals surface area contributed by atoms with Crippen molar-refractivity contribution in [2.45, 2.75) is 117 Å². The van der Waals surface area contributed by atoms with E-state index in [2.05, 4.69) is 19.1 Å². The Labute approximate surface area is 169 Å². The summed E-state index contributed by atoms with van der Waals surface area (Å²) in [4.78, 5) is 5.34. The van der Waals surface area contributed by atoms with Gasteiger partial charge >= 0.3 is 5.97 Å². The van der Waals surface area contributed by atoms with E-state index in [1.54, 1.807) is 0 Å². The minimum atomic E-state index is -2.06. The maximum Gasteiger partial charge on any atom is 0.327 e. The molecule has 1 unspecified atom stereocenters. The molecule has 0 rings (SSSR count). The number of rotatable bonds is 19. The van der Waals surface area contributed by atoms with Crippen LogP contribution in [0.3, 0.4) is 0 Å². The molecule has 2 N–H and O–H groups in total. The number of nitrogens with zero attached hydrogens (tertiary/aromatic N) is 1. The third kappa shape index (κ3) is 18.7. The van der Waals surface area contributed by atoms with Crippen LogP contribution < -0.4 is 0 Å². The Morgan fingerprint density at radius 1 is 0.741 bits per heavy atom. The lowest BCUT2D eigenvalue weighted by molar-refractivity contribution is -1.11. The van der Waals surface area contributed by atoms with E-state index in [-0.39, 0.29) is 4.65 Å². The number of allylic oxidation sites excluding steroid dienone is 2. The van der Waals surface area contributed by atoms with Gasteiger partial charge in [-0.3, -0.25) is 0 Å². The van der Waals surface area contributed by atoms with Crippen LogP contribution >= 0.6 is 0 Å². The van der Waals surface area contributed by atoms with Crippen molar-refractivity contribution in [3.63, 3.8) is 0 Å². The highest BCUT2D eigenvalue weighted by Crippen LogP contribution is 2.16. The van der Waals surface area contributed by atoms with Crippen LogP contribution in [0, 0.1) is 0 Å². The molecule has 0 aromatic carbocycles. The fraction of sp³-hybridized carbons (Fsp3) is 0.913. The van der Waals surface area contributed by atoms with E-state index in [1.165, 1.54) is 90.4 Å². The van der Waals surface area contributed by atoms with Gasteiger partial charge in [0.1, 0.15) is 13.1 Å². The minimum absolute atomic E-state index is 0.243. The van der Waals surface area contributed by atoms with Crippen molar-refractivity contribution in [1.29, 1.82) is 0 Å². The van der Waals surface area contributed by atoms with E-state index in [9.17, 15) is 10.2 Å². The quantitative estimate of drug-likeness (QED) is 0.0929. The average molecular weight is 387 g/mol. The van der Waals surface area contributed by atoms with Crippen LogP contribution in [-0.2, 0) is 4.84 Å². The molecule has 1 atom stereocenters. The summed E-state index contributed by atoms with van der Waals surface area (Å²) >= 11 is 0. The molecule has 0 aliphatic heterocycles. The van der Waals surface area contributed by atoms with E-state index in [1.807, 2.05) is 14.0 Å². The van der Waals surface area contributed by atoms with Crippen molar-refractivity contribution >= 4 is 0 Å². The fourth-order valence-corrected chi connectivity index (χ4v) is 3.38. The van der Waals surface area contributed by atoms with Gasteiger partial charge in [-0.2, -0.15) is 4.65 Å². The molecule has 0 bridgehead atoms. The van der Waals surface area contributed by atoms with Crippen LogP contribution in [-0.4, -0.2) is 41.0 Å². The van der Waals surface area contributed by atoms with Crippen molar-refractivity contribution in [1.82, 2.24) is 0 Å². The number of hydrogen-bond donors (Lipinski definition) is 2. The molecule has 0 saturated carbocycles. The molecule has 4 heteroatoms. The zero-order valence-electron chi connectivity index (χ0n) is 18.7. The van der Waals surface area contributed by atoms with Crippen LogP contribution in [0.15, 0.2) is 12.2 Å². The van der Waals surface area contributed by atoms with Crippen LogP contribution in [0.25, 0.3) is 0 Å². The van der Waals surface area contributed by atoms with Crippen molar-refractivity contribution in [2.24, 2.45) is 0 Å². The number of unbranched alkanes of at least 4 members (excludes halogenated alkanes) is 12. The summed E-state index contributed by atoms with van der Waals surface area (Å²) in [5, 5.41) is 18.9. The summed E-state index contributed by atoms with van der Waals surface area (Å²) < 4.78 is 0.243. The highest BCUT2D eigenvalue weighted by atomic mass is 16.9. The van der Waals surface area contributed by atoms with E-state index in [0.29, 0.717) is 0 Å². The lowest BCUT2D eigenvalue weighted by Gasteiger charge is -2.33. The second-order valence-electron chi connectivity index (χ2n) is 8.30. The Hall–Kier alpha value is -0.420. The van der Waals surface area contributed by atoms with Crippen LogP contribution in [0.2, 0.25) is 0 Å². The SMILES string of the molecule is CCCCCCCC/C=C\CCCCCCCC[N+](C)(CC)OC(C)(O)O. The molecule has 162 valence electrons. The zero-order chi connectivity index (χ0) is 20.4. The Kier molecular flexibility index (Phi) is 16.3. The molecule has 0 amide bonds. The first-order valence-corrected chi connectivity index (χ1v) is 11.5. The summed E-state index contributed by atoms with van der Waals surface area (Å²) in [7, 11) is 1.90. The zero-order valence-corrected chi connectivity index (χ0v) is 18.7. The van der Waals surface area contributed by atoms with E-state index >= 15 is 0 Å². The van der Waals surface area contributed by atoms with E-state index in [4.69, 9.17) is 4.84 Å². The largest absolute Gasteiger partial charge is 0.340 e. The lowest BCUT2D eigenvalue weighted by atomic mass is 10.1. The number of aliphatic hydroxyl groups is 2. The monoisotopic (exact) mass is 386 g/mol. The van der Waals surface area contributed by atoms with Gasteiger partial charge in [0, 0.05) is 6.92 Å². The Balaban J connectivity index is 3.45. The van der Waals surface area contributed by atoms with E-state index in [0.717, 1.165) is 19.5 Å². The number of hydrogen-bond acceptors (Lipinski definition) is 3. The van der Waals surface area contributed by atoms with Crippen molar-refractivity contribution < 1.29 is 19.7 Å². The summed E-state index contributed by atoms with van der Waals surface area (Å²) in [5.41, 5.74) is 0. The van der Waals surface area contributed by atoms with E-state index < -0.39 is 5.97 Å². The molecular formula is C23H48NO3+. The third-order valence-corrected chi connectivity index (χ3v) is 5.21. The molecule has 27 heavy (non-hydrogen) atoms. The maximum atomic E-state index is 9.43. The normalized spacial score (nSPS) is 14.7. The second-order valence-corrected chi connectivity index (χ2v) is 8.30. The van der Waals surface area contributed by atoms with Gasteiger partial charge in [-0.15, -0.1) is 4.84 Å². The average Bonchev–Trinajstić information content (AvgIpc) is 2.60. The Morgan fingerprint density at radius 3 is 1.63 bits per heavy atom. The molecule has 0 spiro atoms. The first-order valence-electron chi connectivity index (χ1n) is 11.5. The van der Waals surface area contributed by atoms with Crippen LogP contribution in [0.1, 0.15) is 111 Å². The number of quaternary nitrogens is 1. The van der Waals surface area contributed by atoms with Gasteiger partial charge in [0.2, 0.25) is 0 Å². The molecule has 0 aliphatic rings. The molecule has 0 fully saturated rings. The highest BCUT2D eigenvalue weighted by Gasteiger charge is 2.31. The lowest BCUT2D eigenvalue weighted by Crippen LogP contribution is -2.51. The molecule has 0 aromatic heterocycles. The highest BCUT2D eigenvalue weighted by molar-refractivity contribution is 4.81. The predicted octanol–water partition coefficient (Wildman–Crippen LogP) is 6.08. The molecule has 0 aromatic rings. The second kappa shape index (κ2) is 16.5. The van der Waals surface area contributed by atoms with Crippen molar-refractivity contribution in [3.05, 3.63) is 12.2 Å². The number of hydroxylamine groups is 3. The molecule has 0 heterocycles. The van der Waals surface area contributed by atoms with Crippen LogP contribution in [0.4, 0.5) is 0 Å². The molecule has 0 radical (unpaired) electrons. The van der Waals surface area contributed by atoms with Gasteiger partial charge in [-0.05, 0) is 45.4 Å². The van der Waals surface area contributed by atoms with Crippen molar-refractivity contribution in [2.75, 3.05) is 20.1 Å². The van der Waals surface area contributed by atoms with Gasteiger partial charge < -0.3 is 10.2 Å². The molecule has 4 nitrogen and oxygen atoms in total. The van der Waals surface area contributed by atoms with Gasteiger partial charge in [0.25, 0.3) is 0 Å². The molecule has 0 aliphatic carbocycles. The minimum Gasteiger partial charge on any atom is -0.340 e. The standard InChI is InChI=1S/C23H48NO3/c1-5-7-8-9-10-11-12-13-14-15-16-17-18-19-20-21-22-24(4,6-2)27-23(3,25)26/h13-14,25-26H,5-12,15-22H2,1-4H3/q+1/b14-13-. The first kappa shape index (κ1) is 26.6. The van der Waals surface area contributed by atoms with Gasteiger partial charge in [0.15, 0.2) is 0 Å². The summed E-state index contributed by atoms with van der Waals surface area (Å²) in [6.45, 7) is 7.08. The van der Waals surface area contributed by atoms with Crippen LogP contribution in [0.5, 0.6) is 0 Å². The molecular weight excluding hydrogens is 338 g/mol. The van der Waals surface area contributed by atoms with Gasteiger partial charge in [0.05, 0.1) is 7.05 Å². The topological polar surface area (TPSA) is 49.7 Å². The van der Waals surface area contributed by atoms with Gasteiger partial charge in [-0.25, -0.2) is 0 Å².